The number of carboxylic acid groups (broad SMARTS) is 3. The number of hydrogen-bond donors (Lipinski definition) is 9. The highest BCUT2D eigenvalue weighted by molar-refractivity contribution is 5.88. The molecule has 0 heterocycles. The Morgan fingerprint density at radius 3 is 1.48 bits per heavy atom. The van der Waals surface area contributed by atoms with Crippen molar-refractivity contribution < 1.29 is 65.1 Å². The third-order valence-corrected chi connectivity index (χ3v) is 2.68. The number of carboxylic acids is 3. The Kier molecular flexibility index (Phi) is 11.4. The zero-order chi connectivity index (χ0) is 20.4. The van der Waals surface area contributed by atoms with Gasteiger partial charge in [0.2, 0.25) is 0 Å². The molecule has 0 radical (unpaired) electrons. The van der Waals surface area contributed by atoms with Crippen LogP contribution in [-0.4, -0.2) is 107 Å². The van der Waals surface area contributed by atoms with Gasteiger partial charge in [-0.05, 0) is 0 Å². The summed E-state index contributed by atoms with van der Waals surface area (Å²) in [6, 6.07) is 0. The molecule has 0 saturated carbocycles. The van der Waals surface area contributed by atoms with Gasteiger partial charge in [0.15, 0.2) is 11.4 Å². The molecule has 0 aliphatic carbocycles. The lowest BCUT2D eigenvalue weighted by molar-refractivity contribution is -0.170. The van der Waals surface area contributed by atoms with E-state index < -0.39 is 73.7 Å². The van der Waals surface area contributed by atoms with Gasteiger partial charge in [-0.25, -0.2) is 4.79 Å². The molecule has 9 N–H and O–H groups in total. The second-order valence-electron chi connectivity index (χ2n) is 4.79. The van der Waals surface area contributed by atoms with Gasteiger partial charge in [-0.1, -0.05) is 0 Å². The first kappa shape index (κ1) is 25.1. The van der Waals surface area contributed by atoms with E-state index in [9.17, 15) is 19.2 Å². The van der Waals surface area contributed by atoms with Crippen LogP contribution in [0.25, 0.3) is 0 Å². The molecule has 0 aromatic heterocycles. The van der Waals surface area contributed by atoms with Crippen molar-refractivity contribution in [3.8, 4) is 0 Å². The van der Waals surface area contributed by atoms with Gasteiger partial charge < -0.3 is 46.0 Å². The summed E-state index contributed by atoms with van der Waals surface area (Å²) in [5, 5.41) is 76.9. The monoisotopic (exact) mass is 372 g/mol. The topological polar surface area (TPSA) is 250 Å². The average Bonchev–Trinajstić information content (AvgIpc) is 2.50. The summed E-state index contributed by atoms with van der Waals surface area (Å²) in [4.78, 5) is 41.0. The Labute approximate surface area is 140 Å². The number of hydrogen-bond acceptors (Lipinski definition) is 10. The summed E-state index contributed by atoms with van der Waals surface area (Å²) in [5.74, 6) is -6.02. The summed E-state index contributed by atoms with van der Waals surface area (Å²) < 4.78 is 0. The molecule has 3 atom stereocenters. The number of Topliss-reactive ketones (excluding diaryl/α,β-unsaturated/α-hetero) is 1. The molecule has 0 aromatic rings. The minimum absolute atomic E-state index is 0.767. The standard InChI is InChI=1S/C6H8O7.C6H12O6/c7-3(8)1-6(13,5(11)12)2-4(9)10;7-1-3(9)5(11)6(12)4(10)2-8/h13H,1-2H2,(H,7,8)(H,9,10)(H,11,12);3,5-9,11-12H,1-2H2/t;3-,5-,6-/m.1/s1. The molecule has 0 unspecified atom stereocenters. The Bertz CT molecular complexity index is 458. The minimum Gasteiger partial charge on any atom is -0.481 e. The zero-order valence-electron chi connectivity index (χ0n) is 12.7. The number of carbonyl (C=O) groups excluding carboxylic acids is 1. The average molecular weight is 372 g/mol. The number of aliphatic hydroxyl groups is 6. The Hall–Kier alpha value is -2.16. The van der Waals surface area contributed by atoms with Crippen LogP contribution in [0.1, 0.15) is 12.8 Å². The second-order valence-corrected chi connectivity index (χ2v) is 4.79. The van der Waals surface area contributed by atoms with Gasteiger partial charge in [-0.3, -0.25) is 14.4 Å². The molecule has 13 heteroatoms. The van der Waals surface area contributed by atoms with Gasteiger partial charge in [0.05, 0.1) is 19.4 Å². The molecule has 0 aromatic carbocycles. The first-order valence-corrected chi connectivity index (χ1v) is 6.50. The molecule has 0 fully saturated rings. The second kappa shape index (κ2) is 11.4. The largest absolute Gasteiger partial charge is 0.481 e. The van der Waals surface area contributed by atoms with E-state index in [0.717, 1.165) is 0 Å². The van der Waals surface area contributed by atoms with Crippen molar-refractivity contribution in [1.82, 2.24) is 0 Å². The molecular formula is C12H20O13. The maximum atomic E-state index is 10.5. The van der Waals surface area contributed by atoms with Crippen molar-refractivity contribution >= 4 is 23.7 Å². The summed E-state index contributed by atoms with van der Waals surface area (Å²) in [5.41, 5.74) is -2.74. The summed E-state index contributed by atoms with van der Waals surface area (Å²) in [7, 11) is 0. The predicted octanol–water partition coefficient (Wildman–Crippen LogP) is -4.63. The Balaban J connectivity index is 0. The number of ketones is 1. The van der Waals surface area contributed by atoms with E-state index in [1.165, 1.54) is 0 Å². The summed E-state index contributed by atoms with van der Waals surface area (Å²) in [6.07, 6.45) is -7.51. The highest BCUT2D eigenvalue weighted by Crippen LogP contribution is 2.15. The van der Waals surface area contributed by atoms with Crippen LogP contribution in [0.4, 0.5) is 0 Å². The van der Waals surface area contributed by atoms with E-state index in [2.05, 4.69) is 0 Å². The van der Waals surface area contributed by atoms with Crippen LogP contribution < -0.4 is 0 Å². The molecule has 0 aliphatic rings. The first-order valence-electron chi connectivity index (χ1n) is 6.50. The maximum Gasteiger partial charge on any atom is 0.336 e. The maximum absolute atomic E-state index is 10.5. The van der Waals surface area contributed by atoms with Gasteiger partial charge in [0, 0.05) is 0 Å². The molecule has 0 amide bonds. The molecule has 13 nitrogen and oxygen atoms in total. The highest BCUT2D eigenvalue weighted by atomic mass is 16.4. The van der Waals surface area contributed by atoms with Crippen LogP contribution >= 0.6 is 0 Å². The molecule has 0 spiro atoms. The third kappa shape index (κ3) is 9.65. The highest BCUT2D eigenvalue weighted by Gasteiger charge is 2.40. The molecule has 146 valence electrons. The van der Waals surface area contributed by atoms with Crippen LogP contribution in [0.15, 0.2) is 0 Å². The van der Waals surface area contributed by atoms with Crippen molar-refractivity contribution in [2.45, 2.75) is 36.8 Å². The summed E-state index contributed by atoms with van der Waals surface area (Å²) >= 11 is 0. The fourth-order valence-corrected chi connectivity index (χ4v) is 1.32. The van der Waals surface area contributed by atoms with Crippen molar-refractivity contribution in [2.75, 3.05) is 13.2 Å². The molecule has 25 heavy (non-hydrogen) atoms. The predicted molar refractivity (Wildman–Crippen MR) is 74.3 cm³/mol. The quantitative estimate of drug-likeness (QED) is 0.175. The lowest BCUT2D eigenvalue weighted by atomic mass is 9.96. The molecule has 0 rings (SSSR count). The van der Waals surface area contributed by atoms with E-state index in [0.29, 0.717) is 0 Å². The first-order chi connectivity index (χ1) is 11.3. The number of aliphatic hydroxyl groups excluding tert-OH is 5. The summed E-state index contributed by atoms with van der Waals surface area (Å²) in [6.45, 7) is -1.69. The fourth-order valence-electron chi connectivity index (χ4n) is 1.32. The molecular weight excluding hydrogens is 352 g/mol. The van der Waals surface area contributed by atoms with Crippen molar-refractivity contribution in [2.24, 2.45) is 0 Å². The van der Waals surface area contributed by atoms with E-state index in [4.69, 9.17) is 46.0 Å². The molecule has 0 aliphatic heterocycles. The van der Waals surface area contributed by atoms with E-state index in [-0.39, 0.29) is 0 Å². The smallest absolute Gasteiger partial charge is 0.336 e. The van der Waals surface area contributed by atoms with E-state index in [1.54, 1.807) is 0 Å². The SMILES string of the molecule is O=C(CO)[C@@H](O)[C@H](O)[C@H](O)CO.O=C(O)CC(O)(CC(=O)O)C(=O)O. The van der Waals surface area contributed by atoms with Gasteiger partial charge >= 0.3 is 17.9 Å². The van der Waals surface area contributed by atoms with Gasteiger partial charge in [-0.2, -0.15) is 0 Å². The lowest BCUT2D eigenvalue weighted by Crippen LogP contribution is -2.44. The van der Waals surface area contributed by atoms with E-state index >= 15 is 0 Å². The number of rotatable bonds is 10. The molecule has 0 saturated heterocycles. The van der Waals surface area contributed by atoms with Crippen LogP contribution in [0.2, 0.25) is 0 Å². The van der Waals surface area contributed by atoms with Gasteiger partial charge in [0.1, 0.15) is 24.9 Å². The Morgan fingerprint density at radius 2 is 1.24 bits per heavy atom. The van der Waals surface area contributed by atoms with Crippen LogP contribution in [0.3, 0.4) is 0 Å². The third-order valence-electron chi connectivity index (χ3n) is 2.68. The Morgan fingerprint density at radius 1 is 0.840 bits per heavy atom. The van der Waals surface area contributed by atoms with Crippen LogP contribution in [0, 0.1) is 0 Å². The minimum atomic E-state index is -2.74. The number of aliphatic carboxylic acids is 3. The van der Waals surface area contributed by atoms with Gasteiger partial charge in [0.25, 0.3) is 0 Å². The molecule has 0 bridgehead atoms. The van der Waals surface area contributed by atoms with Gasteiger partial charge in [-0.15, -0.1) is 0 Å². The fraction of sp³-hybridized carbons (Fsp3) is 0.667. The van der Waals surface area contributed by atoms with Crippen molar-refractivity contribution in [3.63, 3.8) is 0 Å². The van der Waals surface area contributed by atoms with Crippen molar-refractivity contribution in [1.29, 1.82) is 0 Å². The van der Waals surface area contributed by atoms with Crippen LogP contribution in [0.5, 0.6) is 0 Å². The zero-order valence-corrected chi connectivity index (χ0v) is 12.7. The normalized spacial score (nSPS) is 14.5. The van der Waals surface area contributed by atoms with Crippen LogP contribution in [-0.2, 0) is 19.2 Å². The number of carbonyl (C=O) groups is 4. The van der Waals surface area contributed by atoms with E-state index in [1.807, 2.05) is 0 Å². The lowest BCUT2D eigenvalue weighted by Gasteiger charge is -2.19. The van der Waals surface area contributed by atoms with Crippen molar-refractivity contribution in [3.05, 3.63) is 0 Å².